The van der Waals surface area contributed by atoms with Crippen LogP contribution in [0.25, 0.3) is 0 Å². The number of rotatable bonds is 3. The summed E-state index contributed by atoms with van der Waals surface area (Å²) >= 11 is 6.22. The van der Waals surface area contributed by atoms with Gasteiger partial charge in [0.2, 0.25) is 0 Å². The lowest BCUT2D eigenvalue weighted by Crippen LogP contribution is -2.20. The van der Waals surface area contributed by atoms with Crippen LogP contribution in [0.3, 0.4) is 0 Å². The van der Waals surface area contributed by atoms with E-state index in [9.17, 15) is 5.11 Å². The molecule has 4 nitrogen and oxygen atoms in total. The summed E-state index contributed by atoms with van der Waals surface area (Å²) in [4.78, 5) is 0. The second-order valence-electron chi connectivity index (χ2n) is 4.00. The smallest absolute Gasteiger partial charge is 0.180 e. The van der Waals surface area contributed by atoms with Gasteiger partial charge in [-0.2, -0.15) is 0 Å². The van der Waals surface area contributed by atoms with E-state index in [1.54, 1.807) is 13.1 Å². The van der Waals surface area contributed by atoms with Gasteiger partial charge >= 0.3 is 0 Å². The summed E-state index contributed by atoms with van der Waals surface area (Å²) in [5.41, 5.74) is 1.60. The fourth-order valence-electron chi connectivity index (χ4n) is 1.91. The number of aliphatic hydroxyl groups is 1. The first kappa shape index (κ1) is 12.5. The highest BCUT2D eigenvalue weighted by molar-refractivity contribution is 6.33. The van der Waals surface area contributed by atoms with Crippen molar-refractivity contribution < 1.29 is 14.6 Å². The minimum Gasteiger partial charge on any atom is -0.486 e. The lowest BCUT2D eigenvalue weighted by Gasteiger charge is -2.23. The monoisotopic (exact) mass is 257 g/mol. The van der Waals surface area contributed by atoms with E-state index >= 15 is 0 Å². The Hall–Kier alpha value is -0.970. The molecule has 2 rings (SSSR count). The summed E-state index contributed by atoms with van der Waals surface area (Å²) in [6, 6.07) is 1.80. The van der Waals surface area contributed by atoms with Crippen molar-refractivity contribution in [1.29, 1.82) is 0 Å². The topological polar surface area (TPSA) is 50.7 Å². The third kappa shape index (κ3) is 2.34. The molecule has 0 fully saturated rings. The molecule has 0 bridgehead atoms. The molecule has 94 valence electrons. The minimum absolute atomic E-state index is 0.469. The molecule has 0 aliphatic carbocycles. The highest BCUT2D eigenvalue weighted by Gasteiger charge is 2.22. The summed E-state index contributed by atoms with van der Waals surface area (Å²) in [5.74, 6) is 1.19. The van der Waals surface area contributed by atoms with Gasteiger partial charge in [-0.1, -0.05) is 11.6 Å². The highest BCUT2D eigenvalue weighted by Crippen LogP contribution is 2.42. The van der Waals surface area contributed by atoms with E-state index < -0.39 is 6.10 Å². The Labute approximate surface area is 105 Å². The largest absolute Gasteiger partial charge is 0.486 e. The second kappa shape index (κ2) is 5.12. The van der Waals surface area contributed by atoms with Crippen LogP contribution in [0.2, 0.25) is 5.02 Å². The van der Waals surface area contributed by atoms with Gasteiger partial charge in [0.15, 0.2) is 11.5 Å². The molecule has 2 N–H and O–H groups in total. The third-order valence-electron chi connectivity index (χ3n) is 2.82. The number of nitrogens with one attached hydrogen (secondary N) is 1. The lowest BCUT2D eigenvalue weighted by atomic mass is 10.0. The number of halogens is 1. The SMILES string of the molecule is CNCC(O)c1cc2c(c(Cl)c1C)OCCO2. The van der Waals surface area contributed by atoms with Crippen molar-refractivity contribution in [2.75, 3.05) is 26.8 Å². The first-order chi connectivity index (χ1) is 8.15. The molecule has 0 saturated heterocycles. The molecule has 1 aliphatic rings. The summed E-state index contributed by atoms with van der Waals surface area (Å²) in [7, 11) is 1.79. The Morgan fingerprint density at radius 1 is 1.47 bits per heavy atom. The van der Waals surface area contributed by atoms with Gasteiger partial charge in [0.05, 0.1) is 11.1 Å². The van der Waals surface area contributed by atoms with Crippen LogP contribution in [0.1, 0.15) is 17.2 Å². The van der Waals surface area contributed by atoms with Gasteiger partial charge in [0.25, 0.3) is 0 Å². The van der Waals surface area contributed by atoms with E-state index in [1.807, 2.05) is 6.92 Å². The molecule has 1 aliphatic heterocycles. The summed E-state index contributed by atoms with van der Waals surface area (Å²) in [6.45, 7) is 3.35. The van der Waals surface area contributed by atoms with E-state index in [4.69, 9.17) is 21.1 Å². The number of hydrogen-bond donors (Lipinski definition) is 2. The van der Waals surface area contributed by atoms with Crippen LogP contribution in [0.15, 0.2) is 6.07 Å². The summed E-state index contributed by atoms with van der Waals surface area (Å²) < 4.78 is 11.0. The van der Waals surface area contributed by atoms with E-state index in [1.165, 1.54) is 0 Å². The van der Waals surface area contributed by atoms with Crippen molar-refractivity contribution >= 4 is 11.6 Å². The van der Waals surface area contributed by atoms with Crippen molar-refractivity contribution in [2.45, 2.75) is 13.0 Å². The first-order valence-corrected chi connectivity index (χ1v) is 5.94. The van der Waals surface area contributed by atoms with Crippen molar-refractivity contribution in [3.05, 3.63) is 22.2 Å². The fraction of sp³-hybridized carbons (Fsp3) is 0.500. The van der Waals surface area contributed by atoms with E-state index in [0.29, 0.717) is 36.3 Å². The van der Waals surface area contributed by atoms with Crippen LogP contribution in [-0.2, 0) is 0 Å². The fourth-order valence-corrected chi connectivity index (χ4v) is 2.16. The zero-order valence-electron chi connectivity index (χ0n) is 9.92. The van der Waals surface area contributed by atoms with Gasteiger partial charge in [-0.15, -0.1) is 0 Å². The number of fused-ring (bicyclic) bond motifs is 1. The minimum atomic E-state index is -0.603. The Morgan fingerprint density at radius 2 is 2.18 bits per heavy atom. The van der Waals surface area contributed by atoms with E-state index in [-0.39, 0.29) is 0 Å². The predicted octanol–water partition coefficient (Wildman–Crippen LogP) is 1.67. The molecular weight excluding hydrogens is 242 g/mol. The lowest BCUT2D eigenvalue weighted by molar-refractivity contribution is 0.164. The maximum Gasteiger partial charge on any atom is 0.180 e. The van der Waals surface area contributed by atoms with Crippen LogP contribution < -0.4 is 14.8 Å². The zero-order chi connectivity index (χ0) is 12.4. The molecule has 0 spiro atoms. The first-order valence-electron chi connectivity index (χ1n) is 5.56. The van der Waals surface area contributed by atoms with E-state index in [0.717, 1.165) is 11.1 Å². The Balaban J connectivity index is 2.43. The van der Waals surface area contributed by atoms with Gasteiger partial charge in [-0.25, -0.2) is 0 Å². The van der Waals surface area contributed by atoms with Crippen LogP contribution >= 0.6 is 11.6 Å². The van der Waals surface area contributed by atoms with Gasteiger partial charge in [0.1, 0.15) is 13.2 Å². The molecule has 5 heteroatoms. The molecule has 0 aromatic heterocycles. The second-order valence-corrected chi connectivity index (χ2v) is 4.38. The van der Waals surface area contributed by atoms with Gasteiger partial charge < -0.3 is 19.9 Å². The molecule has 1 atom stereocenters. The quantitative estimate of drug-likeness (QED) is 0.865. The number of likely N-dealkylation sites (N-methyl/N-ethyl adjacent to an activating group) is 1. The zero-order valence-corrected chi connectivity index (χ0v) is 10.7. The van der Waals surface area contributed by atoms with Crippen molar-refractivity contribution in [2.24, 2.45) is 0 Å². The molecule has 1 aromatic rings. The number of ether oxygens (including phenoxy) is 2. The molecule has 1 heterocycles. The van der Waals surface area contributed by atoms with Crippen LogP contribution in [0, 0.1) is 6.92 Å². The third-order valence-corrected chi connectivity index (χ3v) is 3.27. The van der Waals surface area contributed by atoms with Gasteiger partial charge in [-0.05, 0) is 31.2 Å². The summed E-state index contributed by atoms with van der Waals surface area (Å²) in [6.07, 6.45) is -0.603. The molecule has 17 heavy (non-hydrogen) atoms. The highest BCUT2D eigenvalue weighted by atomic mass is 35.5. The number of hydrogen-bond acceptors (Lipinski definition) is 4. The van der Waals surface area contributed by atoms with Gasteiger partial charge in [0, 0.05) is 6.54 Å². The summed E-state index contributed by atoms with van der Waals surface area (Å²) in [5, 5.41) is 13.5. The van der Waals surface area contributed by atoms with Crippen LogP contribution in [0.5, 0.6) is 11.5 Å². The van der Waals surface area contributed by atoms with Gasteiger partial charge in [-0.3, -0.25) is 0 Å². The van der Waals surface area contributed by atoms with Crippen molar-refractivity contribution in [1.82, 2.24) is 5.32 Å². The standard InChI is InChI=1S/C12H16ClNO3/c1-7-8(9(15)6-14-2)5-10-12(11(7)13)17-4-3-16-10/h5,9,14-15H,3-4,6H2,1-2H3. The Kier molecular flexibility index (Phi) is 3.76. The molecule has 0 saturated carbocycles. The molecule has 1 unspecified atom stereocenters. The Morgan fingerprint density at radius 3 is 2.88 bits per heavy atom. The maximum absolute atomic E-state index is 10.0. The number of benzene rings is 1. The van der Waals surface area contributed by atoms with Crippen LogP contribution in [0.4, 0.5) is 0 Å². The Bertz CT molecular complexity index is 423. The predicted molar refractivity (Wildman–Crippen MR) is 66.1 cm³/mol. The molecular formula is C12H16ClNO3. The van der Waals surface area contributed by atoms with Crippen molar-refractivity contribution in [3.8, 4) is 11.5 Å². The molecule has 1 aromatic carbocycles. The number of aliphatic hydroxyl groups excluding tert-OH is 1. The van der Waals surface area contributed by atoms with Crippen LogP contribution in [-0.4, -0.2) is 31.9 Å². The molecule has 0 amide bonds. The maximum atomic E-state index is 10.0. The average Bonchev–Trinajstić information content (AvgIpc) is 2.34. The molecule has 0 radical (unpaired) electrons. The van der Waals surface area contributed by atoms with E-state index in [2.05, 4.69) is 5.32 Å². The normalized spacial score (nSPS) is 15.8. The van der Waals surface area contributed by atoms with Crippen molar-refractivity contribution in [3.63, 3.8) is 0 Å². The average molecular weight is 258 g/mol.